The fourth-order valence-electron chi connectivity index (χ4n) is 1.14. The monoisotopic (exact) mass is 176 g/mol. The van der Waals surface area contributed by atoms with Gasteiger partial charge in [0, 0.05) is 12.6 Å². The Bertz CT molecular complexity index is 448. The maximum absolute atomic E-state index is 11.2. The summed E-state index contributed by atoms with van der Waals surface area (Å²) in [6, 6.07) is 5.13. The number of hydrogen-bond acceptors (Lipinski definition) is 3. The van der Waals surface area contributed by atoms with Gasteiger partial charge in [-0.15, -0.1) is 0 Å². The minimum Gasteiger partial charge on any atom is -0.443 e. The van der Waals surface area contributed by atoms with Crippen LogP contribution in [-0.2, 0) is 0 Å². The number of hydrogen-bond donors (Lipinski definition) is 1. The second-order valence-corrected chi connectivity index (χ2v) is 2.61. The van der Waals surface area contributed by atoms with Gasteiger partial charge in [0.2, 0.25) is 0 Å². The third-order valence-corrected chi connectivity index (χ3v) is 1.82. The lowest BCUT2D eigenvalue weighted by molar-refractivity contribution is 0.0963. The van der Waals surface area contributed by atoms with Crippen LogP contribution in [0.3, 0.4) is 0 Å². The molecule has 0 aliphatic carbocycles. The fraction of sp³-hybridized carbons (Fsp3) is 0.111. The van der Waals surface area contributed by atoms with E-state index in [9.17, 15) is 4.79 Å². The minimum atomic E-state index is -0.127. The first-order valence-electron chi connectivity index (χ1n) is 3.86. The smallest absolute Gasteiger partial charge is 0.251 e. The first-order chi connectivity index (χ1) is 6.31. The van der Waals surface area contributed by atoms with Gasteiger partial charge in [-0.25, -0.2) is 4.98 Å². The van der Waals surface area contributed by atoms with Crippen LogP contribution in [0.1, 0.15) is 10.4 Å². The molecule has 0 saturated heterocycles. The summed E-state index contributed by atoms with van der Waals surface area (Å²) < 4.78 is 5.06. The molecule has 0 spiro atoms. The molecule has 13 heavy (non-hydrogen) atoms. The lowest BCUT2D eigenvalue weighted by Gasteiger charge is -1.97. The molecule has 1 N–H and O–H groups in total. The van der Waals surface area contributed by atoms with Crippen molar-refractivity contribution in [1.82, 2.24) is 10.3 Å². The Kier molecular flexibility index (Phi) is 1.73. The molecule has 0 aliphatic heterocycles. The average molecular weight is 176 g/mol. The highest BCUT2D eigenvalue weighted by molar-refractivity contribution is 5.96. The number of carbonyl (C=O) groups excluding carboxylic acids is 1. The Morgan fingerprint density at radius 2 is 2.38 bits per heavy atom. The van der Waals surface area contributed by atoms with E-state index in [-0.39, 0.29) is 5.91 Å². The Hall–Kier alpha value is -1.84. The quantitative estimate of drug-likeness (QED) is 0.710. The van der Waals surface area contributed by atoms with Crippen molar-refractivity contribution in [3.63, 3.8) is 0 Å². The lowest BCUT2D eigenvalue weighted by Crippen LogP contribution is -2.17. The maximum Gasteiger partial charge on any atom is 0.251 e. The molecule has 0 atom stereocenters. The molecule has 66 valence electrons. The fourth-order valence-corrected chi connectivity index (χ4v) is 1.14. The summed E-state index contributed by atoms with van der Waals surface area (Å²) in [5.41, 5.74) is 1.96. The summed E-state index contributed by atoms with van der Waals surface area (Å²) in [5.74, 6) is -0.127. The molecule has 0 saturated carbocycles. The highest BCUT2D eigenvalue weighted by Crippen LogP contribution is 2.13. The SMILES string of the molecule is CNC(=O)c1ccc2ncoc2c1. The van der Waals surface area contributed by atoms with Gasteiger partial charge in [0.1, 0.15) is 5.52 Å². The molecule has 1 aromatic carbocycles. The summed E-state index contributed by atoms with van der Waals surface area (Å²) >= 11 is 0. The Morgan fingerprint density at radius 1 is 1.54 bits per heavy atom. The van der Waals surface area contributed by atoms with Gasteiger partial charge in [-0.05, 0) is 18.2 Å². The molecule has 0 fully saturated rings. The summed E-state index contributed by atoms with van der Waals surface area (Å²) in [7, 11) is 1.59. The predicted molar refractivity (Wildman–Crippen MR) is 47.4 cm³/mol. The number of nitrogens with one attached hydrogen (secondary N) is 1. The Morgan fingerprint density at radius 3 is 3.15 bits per heavy atom. The average Bonchev–Trinajstić information content (AvgIpc) is 2.63. The minimum absolute atomic E-state index is 0.127. The topological polar surface area (TPSA) is 55.1 Å². The van der Waals surface area contributed by atoms with Crippen LogP contribution < -0.4 is 5.32 Å². The van der Waals surface area contributed by atoms with E-state index < -0.39 is 0 Å². The Balaban J connectivity index is 2.54. The summed E-state index contributed by atoms with van der Waals surface area (Å²) in [6.45, 7) is 0. The molecule has 0 radical (unpaired) electrons. The molecule has 2 aromatic rings. The van der Waals surface area contributed by atoms with Crippen molar-refractivity contribution in [2.75, 3.05) is 7.05 Å². The number of rotatable bonds is 1. The van der Waals surface area contributed by atoms with Crippen molar-refractivity contribution >= 4 is 17.0 Å². The van der Waals surface area contributed by atoms with E-state index in [1.807, 2.05) is 0 Å². The maximum atomic E-state index is 11.2. The lowest BCUT2D eigenvalue weighted by atomic mass is 10.2. The van der Waals surface area contributed by atoms with Crippen LogP contribution in [0.4, 0.5) is 0 Å². The van der Waals surface area contributed by atoms with Crippen LogP contribution in [-0.4, -0.2) is 17.9 Å². The van der Waals surface area contributed by atoms with E-state index in [0.717, 1.165) is 5.52 Å². The number of amides is 1. The third-order valence-electron chi connectivity index (χ3n) is 1.82. The highest BCUT2D eigenvalue weighted by Gasteiger charge is 2.05. The van der Waals surface area contributed by atoms with E-state index in [4.69, 9.17) is 4.42 Å². The first-order valence-corrected chi connectivity index (χ1v) is 3.86. The molecule has 0 bridgehead atoms. The van der Waals surface area contributed by atoms with E-state index in [1.165, 1.54) is 6.39 Å². The predicted octanol–water partition coefficient (Wildman–Crippen LogP) is 1.19. The summed E-state index contributed by atoms with van der Waals surface area (Å²) in [5, 5.41) is 2.54. The Labute approximate surface area is 74.6 Å². The van der Waals surface area contributed by atoms with Crippen LogP contribution >= 0.6 is 0 Å². The van der Waals surface area contributed by atoms with Crippen LogP contribution in [0.2, 0.25) is 0 Å². The molecular weight excluding hydrogens is 168 g/mol. The molecule has 4 heteroatoms. The molecule has 4 nitrogen and oxygen atoms in total. The van der Waals surface area contributed by atoms with Crippen molar-refractivity contribution in [3.05, 3.63) is 30.2 Å². The van der Waals surface area contributed by atoms with Gasteiger partial charge < -0.3 is 9.73 Å². The largest absolute Gasteiger partial charge is 0.443 e. The second kappa shape index (κ2) is 2.90. The van der Waals surface area contributed by atoms with Gasteiger partial charge in [0.05, 0.1) is 0 Å². The summed E-state index contributed by atoms with van der Waals surface area (Å²) in [4.78, 5) is 15.2. The molecule has 1 amide bonds. The van der Waals surface area contributed by atoms with E-state index in [2.05, 4.69) is 10.3 Å². The number of aromatic nitrogens is 1. The van der Waals surface area contributed by atoms with Crippen LogP contribution in [0.5, 0.6) is 0 Å². The third kappa shape index (κ3) is 1.26. The van der Waals surface area contributed by atoms with E-state index >= 15 is 0 Å². The number of nitrogens with zero attached hydrogens (tertiary/aromatic N) is 1. The van der Waals surface area contributed by atoms with Gasteiger partial charge in [-0.2, -0.15) is 0 Å². The van der Waals surface area contributed by atoms with E-state index in [1.54, 1.807) is 25.2 Å². The van der Waals surface area contributed by atoms with Crippen LogP contribution in [0.25, 0.3) is 11.1 Å². The van der Waals surface area contributed by atoms with Crippen molar-refractivity contribution < 1.29 is 9.21 Å². The summed E-state index contributed by atoms with van der Waals surface area (Å²) in [6.07, 6.45) is 1.36. The molecule has 0 aliphatic rings. The normalized spacial score (nSPS) is 10.2. The van der Waals surface area contributed by atoms with E-state index in [0.29, 0.717) is 11.1 Å². The number of benzene rings is 1. The molecular formula is C9H8N2O2. The first kappa shape index (κ1) is 7.79. The van der Waals surface area contributed by atoms with Gasteiger partial charge in [-0.1, -0.05) is 0 Å². The molecule has 1 heterocycles. The van der Waals surface area contributed by atoms with Crippen molar-refractivity contribution in [1.29, 1.82) is 0 Å². The number of oxazole rings is 1. The standard InChI is InChI=1S/C9H8N2O2/c1-10-9(12)6-2-3-7-8(4-6)13-5-11-7/h2-5H,1H3,(H,10,12). The molecule has 1 aromatic heterocycles. The zero-order valence-corrected chi connectivity index (χ0v) is 7.07. The zero-order valence-electron chi connectivity index (χ0n) is 7.07. The van der Waals surface area contributed by atoms with Crippen molar-refractivity contribution in [2.24, 2.45) is 0 Å². The number of carbonyl (C=O) groups is 1. The van der Waals surface area contributed by atoms with Crippen LogP contribution in [0.15, 0.2) is 29.0 Å². The van der Waals surface area contributed by atoms with Gasteiger partial charge >= 0.3 is 0 Å². The van der Waals surface area contributed by atoms with Crippen molar-refractivity contribution in [2.45, 2.75) is 0 Å². The van der Waals surface area contributed by atoms with Crippen LogP contribution in [0, 0.1) is 0 Å². The molecule has 0 unspecified atom stereocenters. The molecule has 2 rings (SSSR count). The van der Waals surface area contributed by atoms with Gasteiger partial charge in [0.25, 0.3) is 5.91 Å². The highest BCUT2D eigenvalue weighted by atomic mass is 16.3. The number of fused-ring (bicyclic) bond motifs is 1. The van der Waals surface area contributed by atoms with Gasteiger partial charge in [0.15, 0.2) is 12.0 Å². The second-order valence-electron chi connectivity index (χ2n) is 2.61. The van der Waals surface area contributed by atoms with Crippen molar-refractivity contribution in [3.8, 4) is 0 Å². The zero-order chi connectivity index (χ0) is 9.26. The van der Waals surface area contributed by atoms with Gasteiger partial charge in [-0.3, -0.25) is 4.79 Å².